The molecule has 0 spiro atoms. The van der Waals surface area contributed by atoms with Crippen LogP contribution in [0, 0.1) is 0 Å². The van der Waals surface area contributed by atoms with Crippen LogP contribution in [0.5, 0.6) is 0 Å². The fourth-order valence-corrected chi connectivity index (χ4v) is 2.81. The van der Waals surface area contributed by atoms with E-state index in [2.05, 4.69) is 65.1 Å². The summed E-state index contributed by atoms with van der Waals surface area (Å²) >= 11 is 0. The van der Waals surface area contributed by atoms with Crippen molar-refractivity contribution in [1.82, 2.24) is 0 Å². The molecule has 0 unspecified atom stereocenters. The highest BCUT2D eigenvalue weighted by molar-refractivity contribution is 6.74. The van der Waals surface area contributed by atoms with Gasteiger partial charge in [0.15, 0.2) is 8.32 Å². The van der Waals surface area contributed by atoms with E-state index in [0.717, 1.165) is 19.3 Å². The molecule has 19 heavy (non-hydrogen) atoms. The summed E-state index contributed by atoms with van der Waals surface area (Å²) < 4.78 is 6.23. The Morgan fingerprint density at radius 1 is 1.16 bits per heavy atom. The summed E-state index contributed by atoms with van der Waals surface area (Å²) in [6, 6.07) is 0. The third kappa shape index (κ3) is 8.40. The smallest absolute Gasteiger partial charge is 0.192 e. The standard InChI is InChI=1S/C16H32O2Si/c1-15(18-19(5,6)16(2,3)4)13-11-9-7-8-10-12-14-17/h7,9,11,13,15,17H,8,10,12,14H2,1-6H3/b9-7+,13-11+/t15-/m0/s1. The summed E-state index contributed by atoms with van der Waals surface area (Å²) in [5.41, 5.74) is 0. The van der Waals surface area contributed by atoms with E-state index in [4.69, 9.17) is 9.53 Å². The van der Waals surface area contributed by atoms with Crippen LogP contribution in [0.4, 0.5) is 0 Å². The second-order valence-electron chi connectivity index (χ2n) is 6.62. The highest BCUT2D eigenvalue weighted by atomic mass is 28.4. The van der Waals surface area contributed by atoms with Crippen LogP contribution in [0.3, 0.4) is 0 Å². The maximum atomic E-state index is 8.66. The van der Waals surface area contributed by atoms with Crippen molar-refractivity contribution >= 4 is 8.32 Å². The number of hydrogen-bond acceptors (Lipinski definition) is 2. The molecule has 3 heteroatoms. The van der Waals surface area contributed by atoms with Crippen LogP contribution in [0.1, 0.15) is 47.0 Å². The summed E-state index contributed by atoms with van der Waals surface area (Å²) in [6.07, 6.45) is 11.5. The Balaban J connectivity index is 4.07. The fourth-order valence-electron chi connectivity index (χ4n) is 1.45. The predicted octanol–water partition coefficient (Wildman–Crippen LogP) is 4.67. The topological polar surface area (TPSA) is 29.5 Å². The van der Waals surface area contributed by atoms with Crippen LogP contribution in [0.2, 0.25) is 18.1 Å². The lowest BCUT2D eigenvalue weighted by Gasteiger charge is -2.37. The van der Waals surface area contributed by atoms with Gasteiger partial charge in [0, 0.05) is 6.61 Å². The monoisotopic (exact) mass is 284 g/mol. The van der Waals surface area contributed by atoms with Gasteiger partial charge in [0.1, 0.15) is 0 Å². The van der Waals surface area contributed by atoms with Crippen molar-refractivity contribution in [2.45, 2.75) is 71.2 Å². The lowest BCUT2D eigenvalue weighted by atomic mass is 10.2. The first-order valence-corrected chi connectivity index (χ1v) is 10.2. The fraction of sp³-hybridized carbons (Fsp3) is 0.750. The van der Waals surface area contributed by atoms with E-state index in [9.17, 15) is 0 Å². The number of aliphatic hydroxyl groups excluding tert-OH is 1. The Kier molecular flexibility index (Phi) is 8.55. The van der Waals surface area contributed by atoms with E-state index in [0.29, 0.717) is 6.61 Å². The average molecular weight is 285 g/mol. The van der Waals surface area contributed by atoms with Gasteiger partial charge < -0.3 is 9.53 Å². The second kappa shape index (κ2) is 8.72. The van der Waals surface area contributed by atoms with Crippen LogP contribution >= 0.6 is 0 Å². The summed E-state index contributed by atoms with van der Waals surface area (Å²) in [6.45, 7) is 13.7. The molecule has 2 nitrogen and oxygen atoms in total. The molecule has 1 N–H and O–H groups in total. The Labute approximate surface area is 120 Å². The molecule has 112 valence electrons. The van der Waals surface area contributed by atoms with Crippen LogP contribution in [-0.4, -0.2) is 26.1 Å². The molecule has 0 amide bonds. The molecular formula is C16H32O2Si. The van der Waals surface area contributed by atoms with Crippen molar-refractivity contribution in [1.29, 1.82) is 0 Å². The first kappa shape index (κ1) is 18.6. The summed E-state index contributed by atoms with van der Waals surface area (Å²) in [5, 5.41) is 8.92. The molecule has 0 aromatic rings. The summed E-state index contributed by atoms with van der Waals surface area (Å²) in [7, 11) is -1.66. The minimum Gasteiger partial charge on any atom is -0.411 e. The van der Waals surface area contributed by atoms with E-state index in [1.807, 2.05) is 0 Å². The zero-order chi connectivity index (χ0) is 14.9. The van der Waals surface area contributed by atoms with E-state index in [1.165, 1.54) is 0 Å². The molecular weight excluding hydrogens is 252 g/mol. The highest BCUT2D eigenvalue weighted by Crippen LogP contribution is 2.37. The quantitative estimate of drug-likeness (QED) is 0.399. The molecule has 0 aromatic heterocycles. The van der Waals surface area contributed by atoms with Crippen molar-refractivity contribution in [2.24, 2.45) is 0 Å². The first-order chi connectivity index (χ1) is 8.70. The van der Waals surface area contributed by atoms with Gasteiger partial charge in [0.05, 0.1) is 6.10 Å². The molecule has 0 aromatic carbocycles. The van der Waals surface area contributed by atoms with Crippen molar-refractivity contribution in [3.63, 3.8) is 0 Å². The normalized spacial score (nSPS) is 15.5. The van der Waals surface area contributed by atoms with Crippen molar-refractivity contribution in [3.05, 3.63) is 24.3 Å². The van der Waals surface area contributed by atoms with Crippen molar-refractivity contribution < 1.29 is 9.53 Å². The third-order valence-electron chi connectivity index (χ3n) is 3.69. The molecule has 0 saturated carbocycles. The molecule has 0 rings (SSSR count). The van der Waals surface area contributed by atoms with Crippen LogP contribution in [0.25, 0.3) is 0 Å². The molecule has 1 atom stereocenters. The minimum atomic E-state index is -1.66. The predicted molar refractivity (Wildman–Crippen MR) is 87.0 cm³/mol. The van der Waals surface area contributed by atoms with Crippen molar-refractivity contribution in [3.8, 4) is 0 Å². The average Bonchev–Trinajstić information content (AvgIpc) is 2.25. The van der Waals surface area contributed by atoms with Crippen LogP contribution < -0.4 is 0 Å². The van der Waals surface area contributed by atoms with E-state index in [1.54, 1.807) is 0 Å². The molecule has 0 aliphatic rings. The number of unbranched alkanes of at least 4 members (excludes halogenated alkanes) is 2. The molecule has 0 radical (unpaired) electrons. The van der Waals surface area contributed by atoms with Crippen LogP contribution in [-0.2, 0) is 4.43 Å². The Morgan fingerprint density at radius 3 is 2.32 bits per heavy atom. The maximum absolute atomic E-state index is 8.66. The number of hydrogen-bond donors (Lipinski definition) is 1. The molecule has 0 saturated heterocycles. The molecule has 0 fully saturated rings. The van der Waals surface area contributed by atoms with Gasteiger partial charge >= 0.3 is 0 Å². The van der Waals surface area contributed by atoms with Crippen molar-refractivity contribution in [2.75, 3.05) is 6.61 Å². The van der Waals surface area contributed by atoms with Gasteiger partial charge in [-0.25, -0.2) is 0 Å². The van der Waals surface area contributed by atoms with Gasteiger partial charge in [0.2, 0.25) is 0 Å². The van der Waals surface area contributed by atoms with Gasteiger partial charge in [-0.3, -0.25) is 0 Å². The zero-order valence-electron chi connectivity index (χ0n) is 13.6. The van der Waals surface area contributed by atoms with Gasteiger partial charge in [-0.15, -0.1) is 0 Å². The summed E-state index contributed by atoms with van der Waals surface area (Å²) in [5.74, 6) is 0. The van der Waals surface area contributed by atoms with Crippen LogP contribution in [0.15, 0.2) is 24.3 Å². The lowest BCUT2D eigenvalue weighted by molar-refractivity contribution is 0.243. The second-order valence-corrected chi connectivity index (χ2v) is 11.4. The van der Waals surface area contributed by atoms with E-state index < -0.39 is 8.32 Å². The van der Waals surface area contributed by atoms with Gasteiger partial charge in [-0.05, 0) is 44.3 Å². The molecule has 0 heterocycles. The van der Waals surface area contributed by atoms with Gasteiger partial charge in [-0.2, -0.15) is 0 Å². The number of aliphatic hydroxyl groups is 1. The van der Waals surface area contributed by atoms with E-state index in [-0.39, 0.29) is 11.1 Å². The van der Waals surface area contributed by atoms with Gasteiger partial charge in [-0.1, -0.05) is 45.1 Å². The largest absolute Gasteiger partial charge is 0.411 e. The number of allylic oxidation sites excluding steroid dienone is 3. The Bertz CT molecular complexity index is 288. The Morgan fingerprint density at radius 2 is 1.79 bits per heavy atom. The minimum absolute atomic E-state index is 0.169. The van der Waals surface area contributed by atoms with E-state index >= 15 is 0 Å². The van der Waals surface area contributed by atoms with Gasteiger partial charge in [0.25, 0.3) is 0 Å². The summed E-state index contributed by atoms with van der Waals surface area (Å²) in [4.78, 5) is 0. The maximum Gasteiger partial charge on any atom is 0.192 e. The Hall–Kier alpha value is -0.383. The SMILES string of the molecule is C[C@@H](/C=C/C=C/CCCCO)O[Si](C)(C)C(C)(C)C. The zero-order valence-corrected chi connectivity index (χ0v) is 14.6. The highest BCUT2D eigenvalue weighted by Gasteiger charge is 2.37. The molecule has 0 aliphatic heterocycles. The number of rotatable bonds is 8. The third-order valence-corrected chi connectivity index (χ3v) is 8.27. The first-order valence-electron chi connectivity index (χ1n) is 7.32. The molecule has 0 bridgehead atoms. The lowest BCUT2D eigenvalue weighted by Crippen LogP contribution is -2.42. The molecule has 0 aliphatic carbocycles.